The molecule has 0 spiro atoms. The summed E-state index contributed by atoms with van der Waals surface area (Å²) in [6.45, 7) is 3.93. The van der Waals surface area contributed by atoms with Crippen LogP contribution in [0.1, 0.15) is 27.0 Å². The van der Waals surface area contributed by atoms with Crippen molar-refractivity contribution in [1.29, 1.82) is 0 Å². The molecule has 4 aromatic carbocycles. The Kier molecular flexibility index (Phi) is 7.86. The molecular weight excluding hydrogens is 508 g/mol. The third-order valence-electron chi connectivity index (χ3n) is 5.79. The minimum Gasteiger partial charge on any atom is -0.455 e. The number of hydrogen-bond acceptors (Lipinski definition) is 4. The van der Waals surface area contributed by atoms with Gasteiger partial charge >= 0.3 is 0 Å². The summed E-state index contributed by atoms with van der Waals surface area (Å²) in [5, 5.41) is 3.32. The van der Waals surface area contributed by atoms with Crippen LogP contribution in [0.2, 0.25) is 5.02 Å². The number of carbonyl (C=O) groups is 1. The van der Waals surface area contributed by atoms with Gasteiger partial charge in [0.1, 0.15) is 5.75 Å². The van der Waals surface area contributed by atoms with Gasteiger partial charge in [0.05, 0.1) is 24.2 Å². The Morgan fingerprint density at radius 1 is 0.892 bits per heavy atom. The summed E-state index contributed by atoms with van der Waals surface area (Å²) < 4.78 is 32.6. The molecule has 37 heavy (non-hydrogen) atoms. The average Bonchev–Trinajstić information content (AvgIpc) is 2.85. The first kappa shape index (κ1) is 26.3. The summed E-state index contributed by atoms with van der Waals surface area (Å²) >= 11 is 6.17. The molecule has 4 rings (SSSR count). The number of rotatable bonds is 8. The van der Waals surface area contributed by atoms with Crippen molar-refractivity contribution >= 4 is 38.9 Å². The van der Waals surface area contributed by atoms with Crippen LogP contribution in [0.25, 0.3) is 0 Å². The van der Waals surface area contributed by atoms with Gasteiger partial charge in [-0.1, -0.05) is 60.1 Å². The highest BCUT2D eigenvalue weighted by Crippen LogP contribution is 2.33. The van der Waals surface area contributed by atoms with Crippen LogP contribution in [0.3, 0.4) is 0 Å². The van der Waals surface area contributed by atoms with Gasteiger partial charge in [-0.05, 0) is 73.0 Å². The van der Waals surface area contributed by atoms with Crippen LogP contribution < -0.4 is 14.4 Å². The van der Waals surface area contributed by atoms with Gasteiger partial charge in [0.2, 0.25) is 10.0 Å². The number of para-hydroxylation sites is 2. The molecule has 0 fully saturated rings. The van der Waals surface area contributed by atoms with Crippen LogP contribution in [-0.2, 0) is 16.6 Å². The van der Waals surface area contributed by atoms with E-state index in [4.69, 9.17) is 16.3 Å². The lowest BCUT2D eigenvalue weighted by atomic mass is 10.1. The molecule has 0 saturated heterocycles. The van der Waals surface area contributed by atoms with Crippen LogP contribution in [0.5, 0.6) is 11.5 Å². The number of hydrogen-bond donors (Lipinski definition) is 1. The van der Waals surface area contributed by atoms with Gasteiger partial charge in [-0.3, -0.25) is 9.10 Å². The SMILES string of the molecule is Cc1cccc(C)c1N(Cc1ccc(C(=O)Nc2cc(Cl)ccc2Oc2ccccc2)cc1)S(C)(=O)=O. The second-order valence-electron chi connectivity index (χ2n) is 8.72. The second-order valence-corrected chi connectivity index (χ2v) is 11.1. The van der Waals surface area contributed by atoms with Crippen molar-refractivity contribution in [1.82, 2.24) is 0 Å². The highest BCUT2D eigenvalue weighted by atomic mass is 35.5. The molecule has 1 N–H and O–H groups in total. The minimum atomic E-state index is -3.54. The van der Waals surface area contributed by atoms with Crippen molar-refractivity contribution in [2.24, 2.45) is 0 Å². The van der Waals surface area contributed by atoms with Crippen molar-refractivity contribution in [3.05, 3.63) is 118 Å². The van der Waals surface area contributed by atoms with Crippen molar-refractivity contribution in [2.75, 3.05) is 15.9 Å². The zero-order valence-electron chi connectivity index (χ0n) is 20.7. The summed E-state index contributed by atoms with van der Waals surface area (Å²) in [6, 6.07) is 26.8. The molecule has 0 aromatic heterocycles. The molecule has 0 saturated carbocycles. The number of ether oxygens (including phenoxy) is 1. The zero-order valence-corrected chi connectivity index (χ0v) is 22.3. The lowest BCUT2D eigenvalue weighted by Crippen LogP contribution is -2.30. The standard InChI is InChI=1S/C29H27ClN2O4S/c1-20-8-7-9-21(2)28(20)32(37(3,34)35)19-22-12-14-23(15-13-22)29(33)31-26-18-24(30)16-17-27(26)36-25-10-5-4-6-11-25/h4-18H,19H2,1-3H3,(H,31,33). The molecule has 4 aromatic rings. The molecule has 1 amide bonds. The monoisotopic (exact) mass is 534 g/mol. The first-order valence-corrected chi connectivity index (χ1v) is 13.8. The zero-order chi connectivity index (χ0) is 26.6. The van der Waals surface area contributed by atoms with E-state index in [1.54, 1.807) is 42.5 Å². The molecule has 0 radical (unpaired) electrons. The van der Waals surface area contributed by atoms with E-state index in [2.05, 4.69) is 5.32 Å². The van der Waals surface area contributed by atoms with Crippen LogP contribution in [-0.4, -0.2) is 20.6 Å². The van der Waals surface area contributed by atoms with E-state index < -0.39 is 10.0 Å². The average molecular weight is 535 g/mol. The van der Waals surface area contributed by atoms with E-state index in [0.717, 1.165) is 16.7 Å². The van der Waals surface area contributed by atoms with E-state index in [0.29, 0.717) is 33.5 Å². The summed E-state index contributed by atoms with van der Waals surface area (Å²) in [4.78, 5) is 13.0. The predicted molar refractivity (Wildman–Crippen MR) is 149 cm³/mol. The molecule has 0 atom stereocenters. The maximum Gasteiger partial charge on any atom is 0.255 e. The van der Waals surface area contributed by atoms with E-state index in [1.165, 1.54) is 10.6 Å². The lowest BCUT2D eigenvalue weighted by molar-refractivity contribution is 0.102. The number of halogens is 1. The second kappa shape index (κ2) is 11.1. The van der Waals surface area contributed by atoms with Gasteiger partial charge in [0, 0.05) is 10.6 Å². The number of amides is 1. The highest BCUT2D eigenvalue weighted by molar-refractivity contribution is 7.92. The van der Waals surface area contributed by atoms with Gasteiger partial charge in [-0.2, -0.15) is 0 Å². The molecule has 0 aliphatic carbocycles. The van der Waals surface area contributed by atoms with Crippen molar-refractivity contribution < 1.29 is 17.9 Å². The number of nitrogens with zero attached hydrogens (tertiary/aromatic N) is 1. The van der Waals surface area contributed by atoms with Crippen molar-refractivity contribution in [3.63, 3.8) is 0 Å². The number of aryl methyl sites for hydroxylation is 2. The Hall–Kier alpha value is -3.81. The number of benzene rings is 4. The first-order valence-electron chi connectivity index (χ1n) is 11.6. The third kappa shape index (κ3) is 6.50. The van der Waals surface area contributed by atoms with Crippen LogP contribution in [0.4, 0.5) is 11.4 Å². The van der Waals surface area contributed by atoms with Gasteiger partial charge < -0.3 is 10.1 Å². The number of nitrogens with one attached hydrogen (secondary N) is 1. The maximum atomic E-state index is 13.0. The molecule has 0 unspecified atom stereocenters. The van der Waals surface area contributed by atoms with Gasteiger partial charge in [0.15, 0.2) is 5.75 Å². The van der Waals surface area contributed by atoms with E-state index in [1.807, 2.05) is 62.4 Å². The summed E-state index contributed by atoms with van der Waals surface area (Å²) in [6.07, 6.45) is 1.20. The first-order chi connectivity index (χ1) is 17.6. The summed E-state index contributed by atoms with van der Waals surface area (Å²) in [5.41, 5.74) is 4.00. The van der Waals surface area contributed by atoms with E-state index in [-0.39, 0.29) is 12.5 Å². The Bertz CT molecular complexity index is 1500. The fourth-order valence-electron chi connectivity index (χ4n) is 3.99. The fourth-order valence-corrected chi connectivity index (χ4v) is 5.16. The van der Waals surface area contributed by atoms with Gasteiger partial charge in [-0.15, -0.1) is 0 Å². The van der Waals surface area contributed by atoms with Crippen molar-refractivity contribution in [2.45, 2.75) is 20.4 Å². The largest absolute Gasteiger partial charge is 0.455 e. The third-order valence-corrected chi connectivity index (χ3v) is 7.14. The lowest BCUT2D eigenvalue weighted by Gasteiger charge is -2.26. The minimum absolute atomic E-state index is 0.149. The van der Waals surface area contributed by atoms with Crippen LogP contribution >= 0.6 is 11.6 Å². The predicted octanol–water partition coefficient (Wildman–Crippen LogP) is 6.97. The molecule has 6 nitrogen and oxygen atoms in total. The molecule has 190 valence electrons. The quantitative estimate of drug-likeness (QED) is 0.265. The van der Waals surface area contributed by atoms with Crippen molar-refractivity contribution in [3.8, 4) is 11.5 Å². The van der Waals surface area contributed by atoms with E-state index in [9.17, 15) is 13.2 Å². The molecule has 0 aliphatic rings. The van der Waals surface area contributed by atoms with Gasteiger partial charge in [-0.25, -0.2) is 8.42 Å². The normalized spacial score (nSPS) is 11.1. The van der Waals surface area contributed by atoms with Crippen LogP contribution in [0, 0.1) is 13.8 Å². The Labute approximate surface area is 222 Å². The molecule has 8 heteroatoms. The van der Waals surface area contributed by atoms with Gasteiger partial charge in [0.25, 0.3) is 5.91 Å². The maximum absolute atomic E-state index is 13.0. The molecule has 0 aliphatic heterocycles. The number of sulfonamides is 1. The Morgan fingerprint density at radius 3 is 2.16 bits per heavy atom. The Morgan fingerprint density at radius 2 is 1.54 bits per heavy atom. The smallest absolute Gasteiger partial charge is 0.255 e. The molecule has 0 bridgehead atoms. The summed E-state index contributed by atoms with van der Waals surface area (Å²) in [7, 11) is -3.54. The van der Waals surface area contributed by atoms with E-state index >= 15 is 0 Å². The number of carbonyl (C=O) groups excluding carboxylic acids is 1. The summed E-state index contributed by atoms with van der Waals surface area (Å²) in [5.74, 6) is 0.739. The number of anilines is 2. The Balaban J connectivity index is 1.54. The molecular formula is C29H27ClN2O4S. The van der Waals surface area contributed by atoms with Crippen LogP contribution in [0.15, 0.2) is 91.0 Å². The fraction of sp³-hybridized carbons (Fsp3) is 0.138. The molecule has 0 heterocycles. The topological polar surface area (TPSA) is 75.7 Å². The highest BCUT2D eigenvalue weighted by Gasteiger charge is 2.21.